The molecule has 2 aromatic heterocycles. The summed E-state index contributed by atoms with van der Waals surface area (Å²) < 4.78 is 8.25. The van der Waals surface area contributed by atoms with Gasteiger partial charge in [0.25, 0.3) is 5.56 Å². The third-order valence-electron chi connectivity index (χ3n) is 3.15. The van der Waals surface area contributed by atoms with Crippen molar-refractivity contribution in [2.45, 2.75) is 26.4 Å². The summed E-state index contributed by atoms with van der Waals surface area (Å²) in [6.45, 7) is 3.37. The second-order valence-corrected chi connectivity index (χ2v) is 4.58. The minimum absolute atomic E-state index is 0.0356. The van der Waals surface area contributed by atoms with Gasteiger partial charge in [-0.2, -0.15) is 5.10 Å². The van der Waals surface area contributed by atoms with Crippen LogP contribution in [0.25, 0.3) is 11.4 Å². The van der Waals surface area contributed by atoms with Gasteiger partial charge in [0.2, 0.25) is 0 Å². The highest BCUT2D eigenvalue weighted by atomic mass is 16.5. The molecule has 0 aliphatic rings. The number of rotatable bonds is 7. The van der Waals surface area contributed by atoms with E-state index in [1.165, 1.54) is 0 Å². The number of hydrogen-bond donors (Lipinski definition) is 1. The van der Waals surface area contributed by atoms with Crippen LogP contribution < -0.4 is 5.56 Å². The van der Waals surface area contributed by atoms with Crippen molar-refractivity contribution in [3.63, 3.8) is 0 Å². The predicted octanol–water partition coefficient (Wildman–Crippen LogP) is 0.308. The van der Waals surface area contributed by atoms with Gasteiger partial charge >= 0.3 is 0 Å². The molecule has 7 heteroatoms. The summed E-state index contributed by atoms with van der Waals surface area (Å²) in [5.74, 6) is 1.23. The van der Waals surface area contributed by atoms with Crippen LogP contribution in [0.1, 0.15) is 12.7 Å². The van der Waals surface area contributed by atoms with Crippen molar-refractivity contribution in [3.05, 3.63) is 34.5 Å². The number of ether oxygens (including phenoxy) is 1. The van der Waals surface area contributed by atoms with E-state index in [-0.39, 0.29) is 12.2 Å². The van der Waals surface area contributed by atoms with Crippen LogP contribution in [-0.2, 0) is 24.2 Å². The summed E-state index contributed by atoms with van der Waals surface area (Å²) in [6, 6.07) is 3.38. The Morgan fingerprint density at radius 3 is 2.86 bits per heavy atom. The van der Waals surface area contributed by atoms with Gasteiger partial charge in [-0.05, 0) is 13.0 Å². The van der Waals surface area contributed by atoms with Crippen LogP contribution in [0, 0.1) is 0 Å². The minimum atomic E-state index is -0.0769. The van der Waals surface area contributed by atoms with E-state index < -0.39 is 0 Å². The Balaban J connectivity index is 2.38. The highest BCUT2D eigenvalue weighted by molar-refractivity contribution is 5.54. The Morgan fingerprint density at radius 2 is 2.24 bits per heavy atom. The molecular weight excluding hydrogens is 272 g/mol. The Kier molecular flexibility index (Phi) is 5.24. The Bertz CT molecular complexity index is 648. The highest BCUT2D eigenvalue weighted by Crippen LogP contribution is 2.15. The molecule has 0 unspecified atom stereocenters. The average molecular weight is 292 g/mol. The van der Waals surface area contributed by atoms with Gasteiger partial charge in [0.05, 0.1) is 19.8 Å². The molecule has 2 rings (SSSR count). The first kappa shape index (κ1) is 15.4. The fraction of sp³-hybridized carbons (Fsp3) is 0.500. The van der Waals surface area contributed by atoms with Crippen LogP contribution in [0.2, 0.25) is 0 Å². The standard InChI is InChI=1S/C14H20N4O3/c1-3-17-6-4-11(10-13(17)20)14-15-12(5-9-21-2)16-18(14)7-8-19/h4,6,10,19H,3,5,7-9H2,1-2H3. The maximum absolute atomic E-state index is 11.9. The molecule has 0 saturated heterocycles. The SMILES string of the molecule is CCn1ccc(-c2nc(CCOC)nn2CCO)cc1=O. The summed E-state index contributed by atoms with van der Waals surface area (Å²) in [6.07, 6.45) is 2.33. The minimum Gasteiger partial charge on any atom is -0.394 e. The number of hydrogen-bond acceptors (Lipinski definition) is 5. The van der Waals surface area contributed by atoms with Gasteiger partial charge in [-0.25, -0.2) is 9.67 Å². The molecule has 2 heterocycles. The number of aliphatic hydroxyl groups is 1. The largest absolute Gasteiger partial charge is 0.394 e. The van der Waals surface area contributed by atoms with E-state index >= 15 is 0 Å². The summed E-state index contributed by atoms with van der Waals surface area (Å²) in [5.41, 5.74) is 0.626. The van der Waals surface area contributed by atoms with Crippen LogP contribution >= 0.6 is 0 Å². The molecule has 7 nitrogen and oxygen atoms in total. The second-order valence-electron chi connectivity index (χ2n) is 4.58. The maximum atomic E-state index is 11.9. The van der Waals surface area contributed by atoms with Crippen LogP contribution in [0.3, 0.4) is 0 Å². The molecule has 21 heavy (non-hydrogen) atoms. The van der Waals surface area contributed by atoms with Gasteiger partial charge in [0.1, 0.15) is 0 Å². The molecule has 0 radical (unpaired) electrons. The molecule has 0 saturated carbocycles. The van der Waals surface area contributed by atoms with E-state index in [9.17, 15) is 4.79 Å². The lowest BCUT2D eigenvalue weighted by molar-refractivity contribution is 0.200. The molecule has 0 atom stereocenters. The Morgan fingerprint density at radius 1 is 1.43 bits per heavy atom. The number of aliphatic hydroxyl groups excluding tert-OH is 1. The molecule has 0 aliphatic heterocycles. The monoisotopic (exact) mass is 292 g/mol. The van der Waals surface area contributed by atoms with Crippen LogP contribution in [0.4, 0.5) is 0 Å². The van der Waals surface area contributed by atoms with Crippen molar-refractivity contribution in [2.75, 3.05) is 20.3 Å². The predicted molar refractivity (Wildman–Crippen MR) is 78.1 cm³/mol. The van der Waals surface area contributed by atoms with E-state index in [2.05, 4.69) is 10.1 Å². The molecule has 0 spiro atoms. The summed E-state index contributed by atoms with van der Waals surface area (Å²) in [4.78, 5) is 16.4. The Labute approximate surface area is 122 Å². The van der Waals surface area contributed by atoms with Gasteiger partial charge < -0.3 is 14.4 Å². The van der Waals surface area contributed by atoms with Gasteiger partial charge in [-0.15, -0.1) is 0 Å². The van der Waals surface area contributed by atoms with Crippen molar-refractivity contribution in [1.29, 1.82) is 0 Å². The number of aryl methyl sites for hydroxylation is 1. The summed E-state index contributed by atoms with van der Waals surface area (Å²) >= 11 is 0. The van der Waals surface area contributed by atoms with Crippen molar-refractivity contribution in [2.24, 2.45) is 0 Å². The zero-order valence-electron chi connectivity index (χ0n) is 12.3. The lowest BCUT2D eigenvalue weighted by Crippen LogP contribution is -2.17. The summed E-state index contributed by atoms with van der Waals surface area (Å²) in [5, 5.41) is 13.5. The number of nitrogens with zero attached hydrogens (tertiary/aromatic N) is 4. The molecule has 1 N–H and O–H groups in total. The van der Waals surface area contributed by atoms with Crippen molar-refractivity contribution in [1.82, 2.24) is 19.3 Å². The second kappa shape index (κ2) is 7.14. The number of aromatic nitrogens is 4. The third kappa shape index (κ3) is 3.56. The molecule has 0 aliphatic carbocycles. The fourth-order valence-corrected chi connectivity index (χ4v) is 2.06. The van der Waals surface area contributed by atoms with Gasteiger partial charge in [-0.1, -0.05) is 0 Å². The lowest BCUT2D eigenvalue weighted by atomic mass is 10.2. The molecule has 0 amide bonds. The fourth-order valence-electron chi connectivity index (χ4n) is 2.06. The van der Waals surface area contributed by atoms with Crippen LogP contribution in [0.5, 0.6) is 0 Å². The van der Waals surface area contributed by atoms with E-state index in [1.807, 2.05) is 13.0 Å². The molecule has 0 bridgehead atoms. The topological polar surface area (TPSA) is 82.2 Å². The molecule has 114 valence electrons. The smallest absolute Gasteiger partial charge is 0.251 e. The lowest BCUT2D eigenvalue weighted by Gasteiger charge is -2.05. The first-order chi connectivity index (χ1) is 10.2. The van der Waals surface area contributed by atoms with E-state index in [0.717, 1.165) is 0 Å². The van der Waals surface area contributed by atoms with Gasteiger partial charge in [0.15, 0.2) is 11.6 Å². The number of pyridine rings is 1. The molecule has 0 fully saturated rings. The first-order valence-electron chi connectivity index (χ1n) is 6.94. The quantitative estimate of drug-likeness (QED) is 0.794. The van der Waals surface area contributed by atoms with E-state index in [4.69, 9.17) is 9.84 Å². The zero-order chi connectivity index (χ0) is 15.2. The van der Waals surface area contributed by atoms with Crippen molar-refractivity contribution < 1.29 is 9.84 Å². The molecule has 0 aromatic carbocycles. The third-order valence-corrected chi connectivity index (χ3v) is 3.15. The van der Waals surface area contributed by atoms with Gasteiger partial charge in [0, 0.05) is 37.9 Å². The van der Waals surface area contributed by atoms with Crippen molar-refractivity contribution >= 4 is 0 Å². The number of methoxy groups -OCH3 is 1. The van der Waals surface area contributed by atoms with Crippen molar-refractivity contribution in [3.8, 4) is 11.4 Å². The zero-order valence-corrected chi connectivity index (χ0v) is 12.3. The first-order valence-corrected chi connectivity index (χ1v) is 6.94. The molecular formula is C14H20N4O3. The molecule has 2 aromatic rings. The van der Waals surface area contributed by atoms with Crippen LogP contribution in [0.15, 0.2) is 23.1 Å². The average Bonchev–Trinajstić information content (AvgIpc) is 2.88. The van der Waals surface area contributed by atoms with E-state index in [0.29, 0.717) is 43.3 Å². The maximum Gasteiger partial charge on any atom is 0.251 e. The summed E-state index contributed by atoms with van der Waals surface area (Å²) in [7, 11) is 1.62. The van der Waals surface area contributed by atoms with Crippen LogP contribution in [-0.4, -0.2) is 44.8 Å². The normalized spacial score (nSPS) is 11.0. The highest BCUT2D eigenvalue weighted by Gasteiger charge is 2.12. The van der Waals surface area contributed by atoms with E-state index in [1.54, 1.807) is 28.6 Å². The van der Waals surface area contributed by atoms with Gasteiger partial charge in [-0.3, -0.25) is 4.79 Å². The Hall–Kier alpha value is -1.99.